The van der Waals surface area contributed by atoms with Gasteiger partial charge in [-0.15, -0.1) is 0 Å². The van der Waals surface area contributed by atoms with Crippen LogP contribution in [0.2, 0.25) is 0 Å². The van der Waals surface area contributed by atoms with E-state index < -0.39 is 10.0 Å². The summed E-state index contributed by atoms with van der Waals surface area (Å²) in [7, 11) is -0.154. The Morgan fingerprint density at radius 2 is 1.95 bits per heavy atom. The second-order valence-electron chi connectivity index (χ2n) is 4.20. The van der Waals surface area contributed by atoms with Crippen LogP contribution < -0.4 is 9.62 Å². The molecule has 0 fully saturated rings. The maximum Gasteiger partial charge on any atom is 0.265 e. The summed E-state index contributed by atoms with van der Waals surface area (Å²) in [6.45, 7) is 0.602. The smallest absolute Gasteiger partial charge is 0.265 e. The summed E-state index contributed by atoms with van der Waals surface area (Å²) >= 11 is 0. The first-order chi connectivity index (χ1) is 9.05. The predicted molar refractivity (Wildman–Crippen MR) is 75.6 cm³/mol. The van der Waals surface area contributed by atoms with Gasteiger partial charge in [-0.2, -0.15) is 0 Å². The molecule has 6 heteroatoms. The molecular formula is C13H17N3O2S. The van der Waals surface area contributed by atoms with Gasteiger partial charge in [0, 0.05) is 25.5 Å². The first-order valence-corrected chi connectivity index (χ1v) is 7.35. The molecule has 2 rings (SSSR count). The van der Waals surface area contributed by atoms with E-state index in [4.69, 9.17) is 0 Å². The van der Waals surface area contributed by atoms with E-state index in [1.807, 2.05) is 25.2 Å². The fourth-order valence-corrected chi connectivity index (χ4v) is 3.01. The van der Waals surface area contributed by atoms with Crippen molar-refractivity contribution in [1.82, 2.24) is 10.3 Å². The molecule has 0 aliphatic carbocycles. The zero-order chi connectivity index (χ0) is 13.9. The summed E-state index contributed by atoms with van der Waals surface area (Å²) in [4.78, 5) is 3.22. The summed E-state index contributed by atoms with van der Waals surface area (Å²) < 4.78 is 26.1. The number of anilines is 1. The van der Waals surface area contributed by atoms with Crippen molar-refractivity contribution in [2.24, 2.45) is 0 Å². The Kier molecular flexibility index (Phi) is 3.92. The Bertz CT molecular complexity index is 635. The third-order valence-electron chi connectivity index (χ3n) is 2.86. The largest absolute Gasteiger partial charge is 0.363 e. The lowest BCUT2D eigenvalue weighted by Gasteiger charge is -2.18. The van der Waals surface area contributed by atoms with Gasteiger partial charge in [-0.25, -0.2) is 8.42 Å². The number of aromatic amines is 1. The van der Waals surface area contributed by atoms with Crippen LogP contribution in [-0.2, 0) is 16.6 Å². The summed E-state index contributed by atoms with van der Waals surface area (Å²) in [5, 5.41) is 2.97. The van der Waals surface area contributed by atoms with Crippen molar-refractivity contribution in [2.45, 2.75) is 11.4 Å². The summed E-state index contributed by atoms with van der Waals surface area (Å²) in [5.74, 6) is 0. The number of nitrogens with one attached hydrogen (secondary N) is 2. The van der Waals surface area contributed by atoms with Crippen molar-refractivity contribution in [3.05, 3.63) is 48.3 Å². The molecule has 2 aromatic rings. The van der Waals surface area contributed by atoms with E-state index in [9.17, 15) is 8.42 Å². The maximum atomic E-state index is 12.4. The number of hydrogen-bond acceptors (Lipinski definition) is 3. The molecule has 5 nitrogen and oxygen atoms in total. The van der Waals surface area contributed by atoms with Crippen LogP contribution >= 0.6 is 0 Å². The molecule has 0 saturated carbocycles. The highest BCUT2D eigenvalue weighted by molar-refractivity contribution is 7.92. The van der Waals surface area contributed by atoms with Gasteiger partial charge in [-0.05, 0) is 25.2 Å². The van der Waals surface area contributed by atoms with Crippen LogP contribution in [0.4, 0.5) is 5.69 Å². The lowest BCUT2D eigenvalue weighted by atomic mass is 10.3. The van der Waals surface area contributed by atoms with E-state index in [1.54, 1.807) is 25.2 Å². The number of sulfonamides is 1. The third kappa shape index (κ3) is 2.80. The Balaban J connectivity index is 2.31. The lowest BCUT2D eigenvalue weighted by molar-refractivity contribution is 0.594. The quantitative estimate of drug-likeness (QED) is 0.873. The minimum atomic E-state index is -3.52. The molecule has 102 valence electrons. The molecule has 0 aliphatic rings. The van der Waals surface area contributed by atoms with E-state index in [0.29, 0.717) is 12.2 Å². The number of rotatable bonds is 5. The van der Waals surface area contributed by atoms with Gasteiger partial charge >= 0.3 is 0 Å². The lowest BCUT2D eigenvalue weighted by Crippen LogP contribution is -2.26. The fourth-order valence-electron chi connectivity index (χ4n) is 1.80. The van der Waals surface area contributed by atoms with Gasteiger partial charge in [0.15, 0.2) is 0 Å². The van der Waals surface area contributed by atoms with Gasteiger partial charge in [0.1, 0.15) is 4.90 Å². The average Bonchev–Trinajstić information content (AvgIpc) is 2.89. The number of para-hydroxylation sites is 1. The zero-order valence-electron chi connectivity index (χ0n) is 10.9. The van der Waals surface area contributed by atoms with Crippen molar-refractivity contribution in [3.63, 3.8) is 0 Å². The van der Waals surface area contributed by atoms with E-state index in [2.05, 4.69) is 10.3 Å². The van der Waals surface area contributed by atoms with Crippen LogP contribution in [0, 0.1) is 0 Å². The molecule has 1 heterocycles. The van der Waals surface area contributed by atoms with Crippen molar-refractivity contribution in [1.29, 1.82) is 0 Å². The van der Waals surface area contributed by atoms with Crippen molar-refractivity contribution < 1.29 is 8.42 Å². The van der Waals surface area contributed by atoms with Crippen LogP contribution in [0.25, 0.3) is 0 Å². The monoisotopic (exact) mass is 279 g/mol. The van der Waals surface area contributed by atoms with Crippen molar-refractivity contribution in [3.8, 4) is 0 Å². The van der Waals surface area contributed by atoms with Crippen molar-refractivity contribution in [2.75, 3.05) is 18.4 Å². The Morgan fingerprint density at radius 3 is 2.58 bits per heavy atom. The minimum absolute atomic E-state index is 0.268. The molecule has 0 unspecified atom stereocenters. The van der Waals surface area contributed by atoms with Gasteiger partial charge in [0.05, 0.1) is 5.69 Å². The van der Waals surface area contributed by atoms with Crippen molar-refractivity contribution >= 4 is 15.7 Å². The minimum Gasteiger partial charge on any atom is -0.363 e. The van der Waals surface area contributed by atoms with Crippen LogP contribution in [0.3, 0.4) is 0 Å². The highest BCUT2D eigenvalue weighted by atomic mass is 32.2. The first-order valence-electron chi connectivity index (χ1n) is 5.91. The second-order valence-corrected chi connectivity index (χ2v) is 6.17. The summed E-state index contributed by atoms with van der Waals surface area (Å²) in [6.07, 6.45) is 1.52. The Hall–Kier alpha value is -1.79. The Labute approximate surface area is 113 Å². The molecule has 0 spiro atoms. The van der Waals surface area contributed by atoms with Gasteiger partial charge in [-0.1, -0.05) is 18.2 Å². The third-order valence-corrected chi connectivity index (χ3v) is 4.63. The van der Waals surface area contributed by atoms with E-state index in [-0.39, 0.29) is 4.90 Å². The molecule has 1 aromatic carbocycles. The first kappa shape index (κ1) is 13.6. The highest BCUT2D eigenvalue weighted by Crippen LogP contribution is 2.21. The average molecular weight is 279 g/mol. The fraction of sp³-hybridized carbons (Fsp3) is 0.231. The number of aromatic nitrogens is 1. The molecule has 0 radical (unpaired) electrons. The molecule has 0 aliphatic heterocycles. The van der Waals surface area contributed by atoms with E-state index >= 15 is 0 Å². The van der Waals surface area contributed by atoms with Crippen LogP contribution in [-0.4, -0.2) is 27.5 Å². The zero-order valence-corrected chi connectivity index (χ0v) is 11.7. The summed E-state index contributed by atoms with van der Waals surface area (Å²) in [6, 6.07) is 10.6. The van der Waals surface area contributed by atoms with Crippen LogP contribution in [0.15, 0.2) is 47.5 Å². The van der Waals surface area contributed by atoms with Gasteiger partial charge in [0.2, 0.25) is 0 Å². The van der Waals surface area contributed by atoms with Gasteiger partial charge in [0.25, 0.3) is 10.0 Å². The molecular weight excluding hydrogens is 262 g/mol. The number of H-pyrrole nitrogens is 1. The standard InChI is InChI=1S/C13H17N3O2S/c1-14-9-11-8-13(10-15-11)19(17,18)16(2)12-6-4-3-5-7-12/h3-8,10,14-15H,9H2,1-2H3. The topological polar surface area (TPSA) is 65.2 Å². The Morgan fingerprint density at radius 1 is 1.26 bits per heavy atom. The predicted octanol–water partition coefficient (Wildman–Crippen LogP) is 1.56. The molecule has 19 heavy (non-hydrogen) atoms. The molecule has 0 saturated heterocycles. The normalized spacial score (nSPS) is 11.5. The molecule has 1 aromatic heterocycles. The second kappa shape index (κ2) is 5.46. The number of hydrogen-bond donors (Lipinski definition) is 2. The van der Waals surface area contributed by atoms with E-state index in [1.165, 1.54) is 10.5 Å². The maximum absolute atomic E-state index is 12.4. The van der Waals surface area contributed by atoms with Gasteiger partial charge in [-0.3, -0.25) is 4.31 Å². The highest BCUT2D eigenvalue weighted by Gasteiger charge is 2.22. The molecule has 2 N–H and O–H groups in total. The van der Waals surface area contributed by atoms with Gasteiger partial charge < -0.3 is 10.3 Å². The SMILES string of the molecule is CNCc1cc(S(=O)(=O)N(C)c2ccccc2)c[nH]1. The number of nitrogens with zero attached hydrogens (tertiary/aromatic N) is 1. The summed E-state index contributed by atoms with van der Waals surface area (Å²) in [5.41, 5.74) is 1.47. The van der Waals surface area contributed by atoms with Crippen LogP contribution in [0.5, 0.6) is 0 Å². The molecule has 0 atom stereocenters. The molecule has 0 bridgehead atoms. The number of benzene rings is 1. The van der Waals surface area contributed by atoms with Crippen LogP contribution in [0.1, 0.15) is 5.69 Å². The van der Waals surface area contributed by atoms with E-state index in [0.717, 1.165) is 5.69 Å². The molecule has 0 amide bonds.